The number of fused-ring (bicyclic) bond motifs is 1. The van der Waals surface area contributed by atoms with Crippen LogP contribution in [0.4, 0.5) is 23.2 Å². The Morgan fingerprint density at radius 1 is 1.04 bits per heavy atom. The van der Waals surface area contributed by atoms with Crippen LogP contribution in [-0.2, 0) is 17.5 Å². The average Bonchev–Trinajstić information content (AvgIpc) is 2.57. The van der Waals surface area contributed by atoms with Gasteiger partial charge in [0.05, 0.1) is 16.8 Å². The Bertz CT molecular complexity index is 1040. The van der Waals surface area contributed by atoms with Gasteiger partial charge in [0.2, 0.25) is 5.91 Å². The van der Waals surface area contributed by atoms with E-state index in [1.54, 1.807) is 0 Å². The third kappa shape index (κ3) is 3.44. The highest BCUT2D eigenvalue weighted by molar-refractivity contribution is 5.92. The average molecular weight is 364 g/mol. The molecule has 0 aliphatic carbocycles. The number of anilines is 1. The third-order valence-corrected chi connectivity index (χ3v) is 3.77. The molecule has 0 atom stereocenters. The summed E-state index contributed by atoms with van der Waals surface area (Å²) in [5, 5.41) is 2.26. The standard InChI is InChI=1S/C18H12F4N2O2/c19-13-6-3-4-11-15(25)8-9-24(17(11)13)10-16(26)23-14-7-2-1-5-12(14)18(20,21)22/h1-9H,10H2,(H,23,26). The lowest BCUT2D eigenvalue weighted by molar-refractivity contribution is -0.137. The van der Waals surface area contributed by atoms with Gasteiger partial charge in [0, 0.05) is 17.6 Å². The molecule has 1 heterocycles. The van der Waals surface area contributed by atoms with Crippen LogP contribution in [-0.4, -0.2) is 10.5 Å². The molecule has 1 amide bonds. The molecule has 134 valence electrons. The summed E-state index contributed by atoms with van der Waals surface area (Å²) < 4.78 is 54.2. The lowest BCUT2D eigenvalue weighted by atomic mass is 10.1. The molecule has 2 aromatic carbocycles. The highest BCUT2D eigenvalue weighted by Crippen LogP contribution is 2.34. The zero-order valence-electron chi connectivity index (χ0n) is 13.2. The van der Waals surface area contributed by atoms with Crippen molar-refractivity contribution in [3.63, 3.8) is 0 Å². The fraction of sp³-hybridized carbons (Fsp3) is 0.111. The minimum absolute atomic E-state index is 0.0796. The summed E-state index contributed by atoms with van der Waals surface area (Å²) in [5.41, 5.74) is -1.88. The molecule has 3 aromatic rings. The molecule has 26 heavy (non-hydrogen) atoms. The molecule has 1 aromatic heterocycles. The second-order valence-electron chi connectivity index (χ2n) is 5.54. The van der Waals surface area contributed by atoms with Crippen molar-refractivity contribution in [3.05, 3.63) is 76.3 Å². The van der Waals surface area contributed by atoms with Crippen LogP contribution in [0.1, 0.15) is 5.56 Å². The van der Waals surface area contributed by atoms with Gasteiger partial charge in [0.25, 0.3) is 0 Å². The topological polar surface area (TPSA) is 51.1 Å². The number of nitrogens with one attached hydrogen (secondary N) is 1. The number of carbonyl (C=O) groups excluding carboxylic acids is 1. The number of hydrogen-bond donors (Lipinski definition) is 1. The molecule has 3 rings (SSSR count). The molecule has 0 fully saturated rings. The van der Waals surface area contributed by atoms with Crippen LogP contribution in [0.25, 0.3) is 10.9 Å². The monoisotopic (exact) mass is 364 g/mol. The van der Waals surface area contributed by atoms with Crippen LogP contribution in [0.3, 0.4) is 0 Å². The van der Waals surface area contributed by atoms with Crippen molar-refractivity contribution in [2.45, 2.75) is 12.7 Å². The minimum atomic E-state index is -4.62. The molecule has 0 saturated carbocycles. The van der Waals surface area contributed by atoms with Crippen molar-refractivity contribution >= 4 is 22.5 Å². The molecule has 0 spiro atoms. The SMILES string of the molecule is O=C(Cn1ccc(=O)c2cccc(F)c21)Nc1ccccc1C(F)(F)F. The summed E-state index contributed by atoms with van der Waals surface area (Å²) in [6.07, 6.45) is -3.40. The van der Waals surface area contributed by atoms with Crippen LogP contribution < -0.4 is 10.7 Å². The summed E-state index contributed by atoms with van der Waals surface area (Å²) >= 11 is 0. The van der Waals surface area contributed by atoms with Gasteiger partial charge in [-0.1, -0.05) is 18.2 Å². The van der Waals surface area contributed by atoms with Crippen molar-refractivity contribution in [3.8, 4) is 0 Å². The first kappa shape index (κ1) is 17.7. The minimum Gasteiger partial charge on any atom is -0.335 e. The maximum absolute atomic E-state index is 14.1. The van der Waals surface area contributed by atoms with Crippen LogP contribution in [0, 0.1) is 5.82 Å². The molecular weight excluding hydrogens is 352 g/mol. The number of halogens is 4. The van der Waals surface area contributed by atoms with E-state index in [2.05, 4.69) is 5.32 Å². The molecule has 0 radical (unpaired) electrons. The Balaban J connectivity index is 1.93. The first-order valence-corrected chi connectivity index (χ1v) is 7.51. The maximum Gasteiger partial charge on any atom is 0.418 e. The van der Waals surface area contributed by atoms with Crippen LogP contribution in [0.5, 0.6) is 0 Å². The Labute approximate surface area is 144 Å². The second-order valence-corrected chi connectivity index (χ2v) is 5.54. The Morgan fingerprint density at radius 3 is 2.50 bits per heavy atom. The summed E-state index contributed by atoms with van der Waals surface area (Å²) in [5.74, 6) is -1.49. The van der Waals surface area contributed by atoms with E-state index in [0.717, 1.165) is 18.2 Å². The predicted octanol–water partition coefficient (Wildman–Crippen LogP) is 3.80. The molecule has 1 N–H and O–H groups in total. The zero-order valence-corrected chi connectivity index (χ0v) is 13.2. The summed E-state index contributed by atoms with van der Waals surface area (Å²) in [6.45, 7) is -0.454. The fourth-order valence-electron chi connectivity index (χ4n) is 2.64. The number of hydrogen-bond acceptors (Lipinski definition) is 2. The molecule has 0 bridgehead atoms. The summed E-state index contributed by atoms with van der Waals surface area (Å²) in [4.78, 5) is 24.0. The normalized spacial score (nSPS) is 11.5. The van der Waals surface area contributed by atoms with E-state index in [1.807, 2.05) is 0 Å². The number of alkyl halides is 3. The van der Waals surface area contributed by atoms with Gasteiger partial charge in [-0.05, 0) is 24.3 Å². The second kappa shape index (κ2) is 6.62. The highest BCUT2D eigenvalue weighted by Gasteiger charge is 2.33. The van der Waals surface area contributed by atoms with E-state index >= 15 is 0 Å². The van der Waals surface area contributed by atoms with E-state index in [-0.39, 0.29) is 10.9 Å². The number of amides is 1. The Hall–Kier alpha value is -3.16. The van der Waals surface area contributed by atoms with Gasteiger partial charge in [0.1, 0.15) is 12.4 Å². The molecule has 0 unspecified atom stereocenters. The number of nitrogens with zero attached hydrogens (tertiary/aromatic N) is 1. The maximum atomic E-state index is 14.1. The first-order chi connectivity index (χ1) is 12.3. The molecule has 0 saturated heterocycles. The Kier molecular flexibility index (Phi) is 4.50. The van der Waals surface area contributed by atoms with E-state index < -0.39 is 41.1 Å². The number of pyridine rings is 1. The Morgan fingerprint density at radius 2 is 1.77 bits per heavy atom. The number of aromatic nitrogens is 1. The third-order valence-electron chi connectivity index (χ3n) is 3.77. The van der Waals surface area contributed by atoms with Crippen molar-refractivity contribution < 1.29 is 22.4 Å². The number of para-hydroxylation sites is 2. The van der Waals surface area contributed by atoms with Gasteiger partial charge in [-0.25, -0.2) is 4.39 Å². The van der Waals surface area contributed by atoms with Crippen LogP contribution in [0.2, 0.25) is 0 Å². The first-order valence-electron chi connectivity index (χ1n) is 7.51. The largest absolute Gasteiger partial charge is 0.418 e. The van der Waals surface area contributed by atoms with E-state index in [0.29, 0.717) is 0 Å². The number of carbonyl (C=O) groups is 1. The predicted molar refractivity (Wildman–Crippen MR) is 88.2 cm³/mol. The molecule has 8 heteroatoms. The van der Waals surface area contributed by atoms with Crippen LogP contribution in [0.15, 0.2) is 59.5 Å². The highest BCUT2D eigenvalue weighted by atomic mass is 19.4. The van der Waals surface area contributed by atoms with Crippen molar-refractivity contribution in [1.82, 2.24) is 4.57 Å². The fourth-order valence-corrected chi connectivity index (χ4v) is 2.64. The van der Waals surface area contributed by atoms with Crippen molar-refractivity contribution in [2.24, 2.45) is 0 Å². The lowest BCUT2D eigenvalue weighted by Crippen LogP contribution is -2.22. The van der Waals surface area contributed by atoms with Gasteiger partial charge >= 0.3 is 6.18 Å². The number of rotatable bonds is 3. The molecule has 0 aliphatic rings. The van der Waals surface area contributed by atoms with E-state index in [9.17, 15) is 27.2 Å². The van der Waals surface area contributed by atoms with Gasteiger partial charge in [-0.3, -0.25) is 9.59 Å². The molecule has 4 nitrogen and oxygen atoms in total. The van der Waals surface area contributed by atoms with Gasteiger partial charge in [0.15, 0.2) is 5.43 Å². The van der Waals surface area contributed by atoms with Gasteiger partial charge in [-0.15, -0.1) is 0 Å². The van der Waals surface area contributed by atoms with Gasteiger partial charge < -0.3 is 9.88 Å². The molecule has 0 aliphatic heterocycles. The van der Waals surface area contributed by atoms with E-state index in [1.165, 1.54) is 41.1 Å². The van der Waals surface area contributed by atoms with Crippen molar-refractivity contribution in [1.29, 1.82) is 0 Å². The van der Waals surface area contributed by atoms with E-state index in [4.69, 9.17) is 0 Å². The summed E-state index contributed by atoms with van der Waals surface area (Å²) in [7, 11) is 0. The lowest BCUT2D eigenvalue weighted by Gasteiger charge is -2.15. The molecular formula is C18H12F4N2O2. The quantitative estimate of drug-likeness (QED) is 0.719. The zero-order chi connectivity index (χ0) is 18.9. The number of benzene rings is 2. The van der Waals surface area contributed by atoms with Crippen LogP contribution >= 0.6 is 0 Å². The summed E-state index contributed by atoms with van der Waals surface area (Å²) in [6, 6.07) is 9.63. The van der Waals surface area contributed by atoms with Gasteiger partial charge in [-0.2, -0.15) is 13.2 Å². The van der Waals surface area contributed by atoms with Crippen molar-refractivity contribution in [2.75, 3.05) is 5.32 Å². The smallest absolute Gasteiger partial charge is 0.335 e.